The molecule has 3 heteroatoms. The summed E-state index contributed by atoms with van der Waals surface area (Å²) in [5.41, 5.74) is 3.45. The van der Waals surface area contributed by atoms with Crippen molar-refractivity contribution in [3.8, 4) is 5.75 Å². The smallest absolute Gasteiger partial charge is 0.258 e. The van der Waals surface area contributed by atoms with Crippen LogP contribution in [0, 0.1) is 19.8 Å². The lowest BCUT2D eigenvalue weighted by Gasteiger charge is -2.19. The molecule has 3 rings (SSSR count). The Morgan fingerprint density at radius 3 is 2.39 bits per heavy atom. The predicted molar refractivity (Wildman–Crippen MR) is 91.5 cm³/mol. The molecule has 0 heterocycles. The van der Waals surface area contributed by atoms with E-state index in [1.165, 1.54) is 18.4 Å². The van der Waals surface area contributed by atoms with Gasteiger partial charge in [-0.3, -0.25) is 4.79 Å². The van der Waals surface area contributed by atoms with Crippen molar-refractivity contribution >= 4 is 5.91 Å². The van der Waals surface area contributed by atoms with E-state index in [0.29, 0.717) is 5.92 Å². The maximum absolute atomic E-state index is 12.3. The lowest BCUT2D eigenvalue weighted by atomic mass is 10.0. The van der Waals surface area contributed by atoms with Crippen LogP contribution in [0.15, 0.2) is 48.5 Å². The number of benzene rings is 2. The molecule has 2 aromatic rings. The van der Waals surface area contributed by atoms with E-state index in [0.717, 1.165) is 16.9 Å². The second kappa shape index (κ2) is 6.86. The van der Waals surface area contributed by atoms with Crippen LogP contribution >= 0.6 is 0 Å². The van der Waals surface area contributed by atoms with Gasteiger partial charge in [0.2, 0.25) is 0 Å². The summed E-state index contributed by atoms with van der Waals surface area (Å²) < 4.78 is 5.65. The minimum atomic E-state index is -0.0649. The molecule has 0 spiro atoms. The zero-order valence-corrected chi connectivity index (χ0v) is 13.7. The van der Waals surface area contributed by atoms with Crippen molar-refractivity contribution in [2.45, 2.75) is 32.7 Å². The Morgan fingerprint density at radius 1 is 1.13 bits per heavy atom. The first-order valence-electron chi connectivity index (χ1n) is 8.17. The van der Waals surface area contributed by atoms with Crippen LogP contribution < -0.4 is 10.1 Å². The van der Waals surface area contributed by atoms with Crippen molar-refractivity contribution in [2.75, 3.05) is 6.61 Å². The summed E-state index contributed by atoms with van der Waals surface area (Å²) in [6.45, 7) is 4.11. The summed E-state index contributed by atoms with van der Waals surface area (Å²) in [6, 6.07) is 16.3. The number of rotatable bonds is 6. The highest BCUT2D eigenvalue weighted by atomic mass is 16.5. The third kappa shape index (κ3) is 4.35. The number of amides is 1. The summed E-state index contributed by atoms with van der Waals surface area (Å²) in [5, 5.41) is 3.13. The Hall–Kier alpha value is -2.29. The van der Waals surface area contributed by atoms with E-state index in [2.05, 4.69) is 23.5 Å². The molecule has 1 saturated carbocycles. The third-order valence-electron chi connectivity index (χ3n) is 4.13. The molecule has 1 N–H and O–H groups in total. The SMILES string of the molecule is Cc1cc(C)cc(OCC(=O)N[C@@H](c2ccccc2)C2CC2)c1. The van der Waals surface area contributed by atoms with Gasteiger partial charge in [-0.2, -0.15) is 0 Å². The van der Waals surface area contributed by atoms with Crippen LogP contribution in [0.2, 0.25) is 0 Å². The maximum atomic E-state index is 12.3. The Balaban J connectivity index is 1.59. The molecule has 3 nitrogen and oxygen atoms in total. The third-order valence-corrected chi connectivity index (χ3v) is 4.13. The number of ether oxygens (including phenoxy) is 1. The zero-order chi connectivity index (χ0) is 16.2. The van der Waals surface area contributed by atoms with Crippen LogP contribution in [-0.2, 0) is 4.79 Å². The highest BCUT2D eigenvalue weighted by Gasteiger charge is 2.33. The van der Waals surface area contributed by atoms with E-state index < -0.39 is 0 Å². The van der Waals surface area contributed by atoms with Crippen molar-refractivity contribution in [3.63, 3.8) is 0 Å². The second-order valence-electron chi connectivity index (χ2n) is 6.41. The van der Waals surface area contributed by atoms with Gasteiger partial charge in [-0.05, 0) is 61.4 Å². The highest BCUT2D eigenvalue weighted by molar-refractivity contribution is 5.78. The number of carbonyl (C=O) groups excluding carboxylic acids is 1. The maximum Gasteiger partial charge on any atom is 0.258 e. The van der Waals surface area contributed by atoms with Gasteiger partial charge in [-0.25, -0.2) is 0 Å². The molecular formula is C20H23NO2. The molecule has 0 radical (unpaired) electrons. The van der Waals surface area contributed by atoms with Crippen molar-refractivity contribution in [2.24, 2.45) is 5.92 Å². The summed E-state index contributed by atoms with van der Waals surface area (Å²) in [7, 11) is 0. The standard InChI is InChI=1S/C20H23NO2/c1-14-10-15(2)12-18(11-14)23-13-19(22)21-20(17-8-9-17)16-6-4-3-5-7-16/h3-7,10-12,17,20H,8-9,13H2,1-2H3,(H,21,22)/t20-/m0/s1. The average molecular weight is 309 g/mol. The van der Waals surface area contributed by atoms with Crippen molar-refractivity contribution in [3.05, 3.63) is 65.2 Å². The second-order valence-corrected chi connectivity index (χ2v) is 6.41. The molecular weight excluding hydrogens is 286 g/mol. The van der Waals surface area contributed by atoms with Crippen LogP contribution in [0.25, 0.3) is 0 Å². The minimum Gasteiger partial charge on any atom is -0.484 e. The van der Waals surface area contributed by atoms with Gasteiger partial charge in [0.05, 0.1) is 6.04 Å². The highest BCUT2D eigenvalue weighted by Crippen LogP contribution is 2.40. The fourth-order valence-corrected chi connectivity index (χ4v) is 2.94. The van der Waals surface area contributed by atoms with Gasteiger partial charge < -0.3 is 10.1 Å². The van der Waals surface area contributed by atoms with E-state index in [1.54, 1.807) is 0 Å². The van der Waals surface area contributed by atoms with E-state index in [4.69, 9.17) is 4.74 Å². The predicted octanol–water partition coefficient (Wildman–Crippen LogP) is 3.95. The monoisotopic (exact) mass is 309 g/mol. The lowest BCUT2D eigenvalue weighted by Crippen LogP contribution is -2.33. The van der Waals surface area contributed by atoms with Crippen LogP contribution in [0.1, 0.15) is 35.6 Å². The largest absolute Gasteiger partial charge is 0.484 e. The first-order chi connectivity index (χ1) is 11.1. The molecule has 23 heavy (non-hydrogen) atoms. The van der Waals surface area contributed by atoms with Crippen molar-refractivity contribution < 1.29 is 9.53 Å². The molecule has 1 atom stereocenters. The van der Waals surface area contributed by atoms with E-state index in [1.807, 2.05) is 44.2 Å². The molecule has 120 valence electrons. The molecule has 2 aromatic carbocycles. The van der Waals surface area contributed by atoms with Gasteiger partial charge >= 0.3 is 0 Å². The molecule has 1 aliphatic rings. The van der Waals surface area contributed by atoms with E-state index >= 15 is 0 Å². The summed E-state index contributed by atoms with van der Waals surface area (Å²) in [4.78, 5) is 12.3. The first-order valence-corrected chi connectivity index (χ1v) is 8.17. The van der Waals surface area contributed by atoms with Crippen LogP contribution in [0.3, 0.4) is 0 Å². The van der Waals surface area contributed by atoms with Crippen molar-refractivity contribution in [1.29, 1.82) is 0 Å². The summed E-state index contributed by atoms with van der Waals surface area (Å²) >= 11 is 0. The fraction of sp³-hybridized carbons (Fsp3) is 0.350. The number of carbonyl (C=O) groups is 1. The summed E-state index contributed by atoms with van der Waals surface area (Å²) in [5.74, 6) is 1.24. The zero-order valence-electron chi connectivity index (χ0n) is 13.7. The Bertz CT molecular complexity index is 657. The lowest BCUT2D eigenvalue weighted by molar-refractivity contribution is -0.124. The topological polar surface area (TPSA) is 38.3 Å². The minimum absolute atomic E-state index is 0.0545. The molecule has 0 unspecified atom stereocenters. The molecule has 0 aliphatic heterocycles. The molecule has 0 aromatic heterocycles. The molecule has 0 bridgehead atoms. The normalized spacial score (nSPS) is 15.0. The number of hydrogen-bond acceptors (Lipinski definition) is 2. The quantitative estimate of drug-likeness (QED) is 0.877. The van der Waals surface area contributed by atoms with Crippen LogP contribution in [-0.4, -0.2) is 12.5 Å². The number of hydrogen-bond donors (Lipinski definition) is 1. The van der Waals surface area contributed by atoms with E-state index in [9.17, 15) is 4.79 Å². The van der Waals surface area contributed by atoms with Gasteiger partial charge in [-0.15, -0.1) is 0 Å². The fourth-order valence-electron chi connectivity index (χ4n) is 2.94. The average Bonchev–Trinajstić information content (AvgIpc) is 3.35. The molecule has 1 fully saturated rings. The van der Waals surface area contributed by atoms with Gasteiger partial charge in [0.1, 0.15) is 5.75 Å². The van der Waals surface area contributed by atoms with Crippen LogP contribution in [0.5, 0.6) is 5.75 Å². The molecule has 1 aliphatic carbocycles. The van der Waals surface area contributed by atoms with Gasteiger partial charge in [-0.1, -0.05) is 36.4 Å². The Labute approximate surface area is 137 Å². The molecule has 1 amide bonds. The Morgan fingerprint density at radius 2 is 1.78 bits per heavy atom. The Kier molecular flexibility index (Phi) is 4.65. The van der Waals surface area contributed by atoms with Gasteiger partial charge in [0.25, 0.3) is 5.91 Å². The number of nitrogens with one attached hydrogen (secondary N) is 1. The first kappa shape index (κ1) is 15.6. The van der Waals surface area contributed by atoms with Crippen LogP contribution in [0.4, 0.5) is 0 Å². The van der Waals surface area contributed by atoms with E-state index in [-0.39, 0.29) is 18.6 Å². The molecule has 0 saturated heterocycles. The van der Waals surface area contributed by atoms with Gasteiger partial charge in [0.15, 0.2) is 6.61 Å². The van der Waals surface area contributed by atoms with Gasteiger partial charge in [0, 0.05) is 0 Å². The number of aryl methyl sites for hydroxylation is 2. The summed E-state index contributed by atoms with van der Waals surface area (Å²) in [6.07, 6.45) is 2.36. The van der Waals surface area contributed by atoms with Crippen molar-refractivity contribution in [1.82, 2.24) is 5.32 Å².